The van der Waals surface area contributed by atoms with Gasteiger partial charge in [0.25, 0.3) is 0 Å². The molecule has 0 aliphatic rings. The molecular formula is C14H15N3O3. The Balaban J connectivity index is 2.07. The van der Waals surface area contributed by atoms with E-state index in [1.165, 1.54) is 0 Å². The molecule has 0 saturated carbocycles. The second-order valence-corrected chi connectivity index (χ2v) is 4.17. The van der Waals surface area contributed by atoms with Gasteiger partial charge in [-0.2, -0.15) is 10.0 Å². The molecule has 104 valence electrons. The lowest BCUT2D eigenvalue weighted by atomic mass is 10.1. The van der Waals surface area contributed by atoms with Crippen LogP contribution >= 0.6 is 0 Å². The fourth-order valence-electron chi connectivity index (χ4n) is 1.73. The van der Waals surface area contributed by atoms with Crippen molar-refractivity contribution in [3.63, 3.8) is 0 Å². The maximum absolute atomic E-state index is 11.5. The van der Waals surface area contributed by atoms with Crippen LogP contribution in [-0.4, -0.2) is 29.1 Å². The van der Waals surface area contributed by atoms with Crippen molar-refractivity contribution in [3.8, 4) is 17.0 Å². The van der Waals surface area contributed by atoms with Gasteiger partial charge in [-0.3, -0.25) is 9.89 Å². The maximum atomic E-state index is 11.5. The second-order valence-electron chi connectivity index (χ2n) is 4.17. The van der Waals surface area contributed by atoms with Gasteiger partial charge < -0.3 is 4.74 Å². The fourth-order valence-corrected chi connectivity index (χ4v) is 1.73. The predicted molar refractivity (Wildman–Crippen MR) is 74.8 cm³/mol. The molecule has 2 aromatic rings. The molecule has 2 rings (SSSR count). The highest BCUT2D eigenvalue weighted by molar-refractivity contribution is 5.94. The molecule has 0 fully saturated rings. The van der Waals surface area contributed by atoms with E-state index < -0.39 is 0 Å². The average molecular weight is 273 g/mol. The lowest BCUT2D eigenvalue weighted by Gasteiger charge is -2.03. The van der Waals surface area contributed by atoms with Crippen LogP contribution in [0.15, 0.2) is 35.5 Å². The number of hydrogen-bond donors (Lipinski definition) is 1. The van der Waals surface area contributed by atoms with Crippen LogP contribution < -0.4 is 4.74 Å². The van der Waals surface area contributed by atoms with Gasteiger partial charge in [0, 0.05) is 12.0 Å². The number of benzene rings is 1. The van der Waals surface area contributed by atoms with E-state index in [2.05, 4.69) is 15.4 Å². The normalized spacial score (nSPS) is 10.2. The average Bonchev–Trinajstić information content (AvgIpc) is 2.97. The second kappa shape index (κ2) is 6.60. The van der Waals surface area contributed by atoms with E-state index in [4.69, 9.17) is 4.74 Å². The zero-order chi connectivity index (χ0) is 14.4. The third-order valence-corrected chi connectivity index (χ3v) is 2.80. The minimum absolute atomic E-state index is 0.0325. The van der Waals surface area contributed by atoms with E-state index in [1.54, 1.807) is 18.2 Å². The first-order valence-corrected chi connectivity index (χ1v) is 6.35. The molecule has 6 nitrogen and oxygen atoms in total. The van der Waals surface area contributed by atoms with Gasteiger partial charge in [-0.15, -0.1) is 0 Å². The van der Waals surface area contributed by atoms with E-state index in [9.17, 15) is 9.70 Å². The van der Waals surface area contributed by atoms with Crippen LogP contribution in [0.5, 0.6) is 5.75 Å². The predicted octanol–water partition coefficient (Wildman–Crippen LogP) is 2.81. The Bertz CT molecular complexity index is 590. The smallest absolute Gasteiger partial charge is 0.180 e. The molecule has 6 heteroatoms. The van der Waals surface area contributed by atoms with Crippen LogP contribution in [0.1, 0.15) is 23.8 Å². The van der Waals surface area contributed by atoms with Gasteiger partial charge in [-0.1, -0.05) is 12.1 Å². The molecule has 0 unspecified atom stereocenters. The highest BCUT2D eigenvalue weighted by Gasteiger charge is 2.09. The van der Waals surface area contributed by atoms with E-state index >= 15 is 0 Å². The topological polar surface area (TPSA) is 84.4 Å². The van der Waals surface area contributed by atoms with Crippen molar-refractivity contribution in [2.75, 3.05) is 13.2 Å². The Morgan fingerprint density at radius 1 is 1.35 bits per heavy atom. The highest BCUT2D eigenvalue weighted by atomic mass is 16.5. The molecule has 0 saturated heterocycles. The van der Waals surface area contributed by atoms with Gasteiger partial charge >= 0.3 is 0 Å². The standard InChI is InChI=1S/C14H15N3O3/c1-2-14(18)13-9-12(16-17-13)10-3-5-11(6-4-10)20-8-7-15-19/h3-6,9H,2,7-8H2,1H3,(H,16,17). The highest BCUT2D eigenvalue weighted by Crippen LogP contribution is 2.21. The Labute approximate surface area is 116 Å². The summed E-state index contributed by atoms with van der Waals surface area (Å²) in [5.74, 6) is 0.697. The fraction of sp³-hybridized carbons (Fsp3) is 0.286. The number of nitroso groups, excluding NO2 is 1. The first-order chi connectivity index (χ1) is 9.74. The number of nitrogens with zero attached hydrogens (tertiary/aromatic N) is 2. The summed E-state index contributed by atoms with van der Waals surface area (Å²) >= 11 is 0. The number of hydrogen-bond acceptors (Lipinski definition) is 5. The lowest BCUT2D eigenvalue weighted by Crippen LogP contribution is -1.99. The summed E-state index contributed by atoms with van der Waals surface area (Å²) in [7, 11) is 0. The molecule has 1 aromatic heterocycles. The molecule has 0 spiro atoms. The number of carbonyl (C=O) groups is 1. The van der Waals surface area contributed by atoms with Crippen LogP contribution in [0.25, 0.3) is 11.3 Å². The number of nitrogens with one attached hydrogen (secondary N) is 1. The maximum Gasteiger partial charge on any atom is 0.180 e. The third-order valence-electron chi connectivity index (χ3n) is 2.80. The monoisotopic (exact) mass is 273 g/mol. The van der Waals surface area contributed by atoms with Crippen molar-refractivity contribution in [1.29, 1.82) is 0 Å². The summed E-state index contributed by atoms with van der Waals surface area (Å²) in [4.78, 5) is 21.5. The molecule has 0 aliphatic heterocycles. The third kappa shape index (κ3) is 3.28. The number of Topliss-reactive ketones (excluding diaryl/α,β-unsaturated/α-hetero) is 1. The van der Waals surface area contributed by atoms with Crippen LogP contribution in [0.2, 0.25) is 0 Å². The van der Waals surface area contributed by atoms with Crippen LogP contribution in [0.4, 0.5) is 0 Å². The molecule has 1 N–H and O–H groups in total. The van der Waals surface area contributed by atoms with Crippen molar-refractivity contribution in [3.05, 3.63) is 40.9 Å². The van der Waals surface area contributed by atoms with Gasteiger partial charge in [0.15, 0.2) is 5.78 Å². The van der Waals surface area contributed by atoms with Crippen molar-refractivity contribution in [2.24, 2.45) is 5.18 Å². The van der Waals surface area contributed by atoms with Crippen molar-refractivity contribution in [1.82, 2.24) is 10.2 Å². The number of carbonyl (C=O) groups excluding carboxylic acids is 1. The molecule has 0 amide bonds. The largest absolute Gasteiger partial charge is 0.492 e. The van der Waals surface area contributed by atoms with Crippen LogP contribution in [0.3, 0.4) is 0 Å². The van der Waals surface area contributed by atoms with E-state index in [0.29, 0.717) is 23.6 Å². The Morgan fingerprint density at radius 2 is 2.10 bits per heavy atom. The molecule has 1 heterocycles. The summed E-state index contributed by atoms with van der Waals surface area (Å²) in [6.07, 6.45) is 0.444. The van der Waals surface area contributed by atoms with Gasteiger partial charge in [0.1, 0.15) is 24.6 Å². The van der Waals surface area contributed by atoms with Crippen LogP contribution in [-0.2, 0) is 0 Å². The van der Waals surface area contributed by atoms with Gasteiger partial charge in [0.05, 0.1) is 5.69 Å². The molecule has 0 radical (unpaired) electrons. The molecule has 0 atom stereocenters. The Kier molecular flexibility index (Phi) is 4.60. The zero-order valence-electron chi connectivity index (χ0n) is 11.1. The minimum Gasteiger partial charge on any atom is -0.492 e. The van der Waals surface area contributed by atoms with E-state index in [0.717, 1.165) is 5.56 Å². The van der Waals surface area contributed by atoms with Crippen molar-refractivity contribution >= 4 is 5.78 Å². The van der Waals surface area contributed by atoms with Crippen LogP contribution in [0, 0.1) is 4.91 Å². The first kappa shape index (κ1) is 13.9. The summed E-state index contributed by atoms with van der Waals surface area (Å²) in [6.45, 7) is 2.20. The molecule has 1 aromatic carbocycles. The lowest BCUT2D eigenvalue weighted by molar-refractivity contribution is 0.0983. The number of ether oxygens (including phenoxy) is 1. The Hall–Kier alpha value is -2.50. The summed E-state index contributed by atoms with van der Waals surface area (Å²) < 4.78 is 5.32. The summed E-state index contributed by atoms with van der Waals surface area (Å²) in [5.41, 5.74) is 2.11. The van der Waals surface area contributed by atoms with Gasteiger partial charge in [0.2, 0.25) is 0 Å². The molecule has 20 heavy (non-hydrogen) atoms. The van der Waals surface area contributed by atoms with E-state index in [-0.39, 0.29) is 18.9 Å². The first-order valence-electron chi connectivity index (χ1n) is 6.35. The number of aromatic nitrogens is 2. The molecule has 0 aliphatic carbocycles. The number of rotatable bonds is 7. The van der Waals surface area contributed by atoms with Gasteiger partial charge in [-0.05, 0) is 30.3 Å². The number of H-pyrrole nitrogens is 1. The summed E-state index contributed by atoms with van der Waals surface area (Å²) in [5, 5.41) is 9.57. The quantitative estimate of drug-likeness (QED) is 0.477. The number of aromatic amines is 1. The summed E-state index contributed by atoms with van der Waals surface area (Å²) in [6, 6.07) is 9.00. The zero-order valence-corrected chi connectivity index (χ0v) is 11.1. The van der Waals surface area contributed by atoms with E-state index in [1.807, 2.05) is 19.1 Å². The molecule has 0 bridgehead atoms. The number of ketones is 1. The SMILES string of the molecule is CCC(=O)c1cc(-c2ccc(OCCN=O)cc2)n[nH]1. The van der Waals surface area contributed by atoms with Gasteiger partial charge in [-0.25, -0.2) is 0 Å². The Morgan fingerprint density at radius 3 is 2.75 bits per heavy atom. The molecular weight excluding hydrogens is 258 g/mol. The van der Waals surface area contributed by atoms with Crippen molar-refractivity contribution < 1.29 is 9.53 Å². The minimum atomic E-state index is 0.0325. The van der Waals surface area contributed by atoms with Crippen molar-refractivity contribution in [2.45, 2.75) is 13.3 Å².